The van der Waals surface area contributed by atoms with Crippen LogP contribution in [-0.2, 0) is 6.42 Å². The number of aromatic nitrogens is 1. The number of nitrogens with zero attached hydrogens (tertiary/aromatic N) is 1. The van der Waals surface area contributed by atoms with Crippen LogP contribution in [-0.4, -0.2) is 4.98 Å². The van der Waals surface area contributed by atoms with Gasteiger partial charge in [0, 0.05) is 11.6 Å². The van der Waals surface area contributed by atoms with Crippen LogP contribution in [0.15, 0.2) is 54.0 Å². The molecule has 3 nitrogen and oxygen atoms in total. The van der Waals surface area contributed by atoms with E-state index in [0.29, 0.717) is 5.19 Å². The van der Waals surface area contributed by atoms with E-state index < -0.39 is 0 Å². The smallest absolute Gasteiger partial charge is 0.278 e. The average Bonchev–Trinajstić information content (AvgIpc) is 3.08. The largest absolute Gasteiger partial charge is 0.485 e. The van der Waals surface area contributed by atoms with Crippen molar-refractivity contribution in [2.24, 2.45) is 0 Å². The number of thiazole rings is 1. The first-order valence-electron chi connectivity index (χ1n) is 7.72. The number of benzene rings is 2. The normalized spacial score (nSPS) is 16.5. The van der Waals surface area contributed by atoms with Crippen LogP contribution in [0.5, 0.6) is 16.7 Å². The lowest BCUT2D eigenvalue weighted by atomic mass is 9.95. The minimum Gasteiger partial charge on any atom is -0.485 e. The Hall–Kier alpha value is -2.33. The van der Waals surface area contributed by atoms with Crippen molar-refractivity contribution in [2.45, 2.75) is 25.9 Å². The van der Waals surface area contributed by atoms with Crippen LogP contribution in [0.4, 0.5) is 0 Å². The van der Waals surface area contributed by atoms with Crippen molar-refractivity contribution >= 4 is 11.3 Å². The standard InChI is InChI=1S/C19H17NO2S/c1-13-4-2-3-5-16(13)18-8-6-14-12-15(7-9-17(14)22-18)21-19-20-10-11-23-19/h2-5,7,9-12,18H,6,8H2,1H3. The number of ether oxygens (including phenoxy) is 2. The minimum atomic E-state index is 0.134. The van der Waals surface area contributed by atoms with Gasteiger partial charge in [0.25, 0.3) is 5.19 Å². The maximum absolute atomic E-state index is 6.22. The molecule has 3 aromatic rings. The topological polar surface area (TPSA) is 31.4 Å². The highest BCUT2D eigenvalue weighted by Gasteiger charge is 2.22. The summed E-state index contributed by atoms with van der Waals surface area (Å²) in [5.74, 6) is 1.77. The molecule has 1 unspecified atom stereocenters. The van der Waals surface area contributed by atoms with Gasteiger partial charge in [0.2, 0.25) is 0 Å². The van der Waals surface area contributed by atoms with E-state index in [-0.39, 0.29) is 6.10 Å². The van der Waals surface area contributed by atoms with Crippen LogP contribution >= 0.6 is 11.3 Å². The molecule has 0 spiro atoms. The predicted molar refractivity (Wildman–Crippen MR) is 91.5 cm³/mol. The number of hydrogen-bond donors (Lipinski definition) is 0. The van der Waals surface area contributed by atoms with E-state index in [2.05, 4.69) is 42.2 Å². The zero-order valence-corrected chi connectivity index (χ0v) is 13.7. The van der Waals surface area contributed by atoms with Gasteiger partial charge in [-0.15, -0.1) is 0 Å². The Labute approximate surface area is 139 Å². The molecule has 116 valence electrons. The van der Waals surface area contributed by atoms with Crippen LogP contribution in [0, 0.1) is 6.92 Å². The van der Waals surface area contributed by atoms with E-state index in [0.717, 1.165) is 24.3 Å². The third-order valence-electron chi connectivity index (χ3n) is 4.13. The van der Waals surface area contributed by atoms with Gasteiger partial charge in [-0.2, -0.15) is 0 Å². The van der Waals surface area contributed by atoms with Crippen LogP contribution in [0.3, 0.4) is 0 Å². The summed E-state index contributed by atoms with van der Waals surface area (Å²) in [6.07, 6.45) is 3.85. The Bertz CT molecular complexity index is 814. The van der Waals surface area contributed by atoms with Crippen LogP contribution in [0.1, 0.15) is 29.2 Å². The summed E-state index contributed by atoms with van der Waals surface area (Å²) in [7, 11) is 0. The Morgan fingerprint density at radius 3 is 2.96 bits per heavy atom. The van der Waals surface area contributed by atoms with Crippen LogP contribution in [0.25, 0.3) is 0 Å². The molecule has 2 aromatic carbocycles. The van der Waals surface area contributed by atoms with E-state index >= 15 is 0 Å². The second-order valence-electron chi connectivity index (χ2n) is 5.67. The lowest BCUT2D eigenvalue weighted by Gasteiger charge is -2.27. The molecule has 0 aliphatic carbocycles. The van der Waals surface area contributed by atoms with Gasteiger partial charge in [-0.3, -0.25) is 0 Å². The van der Waals surface area contributed by atoms with Crippen LogP contribution in [0.2, 0.25) is 0 Å². The molecule has 1 atom stereocenters. The molecule has 0 amide bonds. The van der Waals surface area contributed by atoms with Gasteiger partial charge in [0.1, 0.15) is 17.6 Å². The summed E-state index contributed by atoms with van der Waals surface area (Å²) >= 11 is 1.49. The van der Waals surface area contributed by atoms with Gasteiger partial charge in [-0.05, 0) is 54.7 Å². The fourth-order valence-corrected chi connectivity index (χ4v) is 3.46. The van der Waals surface area contributed by atoms with Gasteiger partial charge in [-0.25, -0.2) is 4.98 Å². The Balaban J connectivity index is 1.55. The van der Waals surface area contributed by atoms with E-state index in [9.17, 15) is 0 Å². The molecule has 0 radical (unpaired) electrons. The highest BCUT2D eigenvalue weighted by atomic mass is 32.1. The van der Waals surface area contributed by atoms with E-state index in [4.69, 9.17) is 9.47 Å². The molecule has 4 rings (SSSR count). The van der Waals surface area contributed by atoms with Crippen LogP contribution < -0.4 is 9.47 Å². The number of hydrogen-bond acceptors (Lipinski definition) is 4. The summed E-state index contributed by atoms with van der Waals surface area (Å²) in [6, 6.07) is 14.4. The van der Waals surface area contributed by atoms with E-state index in [1.54, 1.807) is 6.20 Å². The van der Waals surface area contributed by atoms with Gasteiger partial charge in [-0.1, -0.05) is 35.6 Å². The molecule has 1 aliphatic heterocycles. The summed E-state index contributed by atoms with van der Waals surface area (Å²) in [6.45, 7) is 2.14. The Morgan fingerprint density at radius 2 is 2.13 bits per heavy atom. The summed E-state index contributed by atoms with van der Waals surface area (Å²) in [4.78, 5) is 4.15. The molecule has 0 N–H and O–H groups in total. The van der Waals surface area contributed by atoms with Gasteiger partial charge in [0.15, 0.2) is 0 Å². The monoisotopic (exact) mass is 323 g/mol. The number of rotatable bonds is 3. The third-order valence-corrected chi connectivity index (χ3v) is 4.78. The second-order valence-corrected chi connectivity index (χ2v) is 6.53. The van der Waals surface area contributed by atoms with Gasteiger partial charge >= 0.3 is 0 Å². The molecule has 4 heteroatoms. The van der Waals surface area contributed by atoms with Crippen molar-refractivity contribution in [3.63, 3.8) is 0 Å². The molecular weight excluding hydrogens is 306 g/mol. The fraction of sp³-hybridized carbons (Fsp3) is 0.211. The highest BCUT2D eigenvalue weighted by molar-refractivity contribution is 7.11. The quantitative estimate of drug-likeness (QED) is 0.654. The fourth-order valence-electron chi connectivity index (χ4n) is 2.96. The maximum atomic E-state index is 6.22. The van der Waals surface area contributed by atoms with Crippen molar-refractivity contribution in [2.75, 3.05) is 0 Å². The lowest BCUT2D eigenvalue weighted by molar-refractivity contribution is 0.175. The minimum absolute atomic E-state index is 0.134. The highest BCUT2D eigenvalue weighted by Crippen LogP contribution is 2.38. The Kier molecular flexibility index (Phi) is 3.75. The lowest BCUT2D eigenvalue weighted by Crippen LogP contribution is -2.16. The van der Waals surface area contributed by atoms with E-state index in [1.165, 1.54) is 28.0 Å². The molecule has 0 fully saturated rings. The first-order chi connectivity index (χ1) is 11.3. The van der Waals surface area contributed by atoms with Gasteiger partial charge < -0.3 is 9.47 Å². The third kappa shape index (κ3) is 2.94. The molecular formula is C19H17NO2S. The molecule has 1 aliphatic rings. The SMILES string of the molecule is Cc1ccccc1C1CCc2cc(Oc3nccs3)ccc2O1. The Morgan fingerprint density at radius 1 is 1.22 bits per heavy atom. The van der Waals surface area contributed by atoms with Crippen molar-refractivity contribution in [3.05, 3.63) is 70.7 Å². The van der Waals surface area contributed by atoms with Crippen molar-refractivity contribution in [3.8, 4) is 16.7 Å². The molecule has 23 heavy (non-hydrogen) atoms. The van der Waals surface area contributed by atoms with Crippen molar-refractivity contribution < 1.29 is 9.47 Å². The predicted octanol–water partition coefficient (Wildman–Crippen LogP) is 5.31. The first-order valence-corrected chi connectivity index (χ1v) is 8.60. The molecule has 0 bridgehead atoms. The molecule has 1 aromatic heterocycles. The van der Waals surface area contributed by atoms with Crippen molar-refractivity contribution in [1.82, 2.24) is 4.98 Å². The summed E-state index contributed by atoms with van der Waals surface area (Å²) in [5, 5.41) is 2.57. The first kappa shape index (κ1) is 14.3. The molecule has 0 saturated carbocycles. The average molecular weight is 323 g/mol. The zero-order valence-electron chi connectivity index (χ0n) is 12.9. The van der Waals surface area contributed by atoms with Gasteiger partial charge in [0.05, 0.1) is 0 Å². The second kappa shape index (κ2) is 6.05. The zero-order chi connectivity index (χ0) is 15.6. The molecule has 0 saturated heterocycles. The maximum Gasteiger partial charge on any atom is 0.278 e. The summed E-state index contributed by atoms with van der Waals surface area (Å²) < 4.78 is 12.0. The number of aryl methyl sites for hydroxylation is 2. The van der Waals surface area contributed by atoms with Crippen molar-refractivity contribution in [1.29, 1.82) is 0 Å². The molecule has 2 heterocycles. The van der Waals surface area contributed by atoms with E-state index in [1.807, 2.05) is 17.5 Å². The summed E-state index contributed by atoms with van der Waals surface area (Å²) in [5.41, 5.74) is 3.76. The number of fused-ring (bicyclic) bond motifs is 1.